The van der Waals surface area contributed by atoms with Gasteiger partial charge in [0.25, 0.3) is 0 Å². The molecular formula is C13H25N3O3. The van der Waals surface area contributed by atoms with E-state index in [1.165, 1.54) is 7.11 Å². The summed E-state index contributed by atoms with van der Waals surface area (Å²) < 4.78 is 4.53. The zero-order valence-corrected chi connectivity index (χ0v) is 11.9. The number of hydrogen-bond acceptors (Lipinski definition) is 5. The van der Waals surface area contributed by atoms with Crippen molar-refractivity contribution in [2.45, 2.75) is 19.3 Å². The number of amides is 1. The monoisotopic (exact) mass is 271 g/mol. The zero-order valence-electron chi connectivity index (χ0n) is 11.9. The van der Waals surface area contributed by atoms with Crippen molar-refractivity contribution in [2.24, 2.45) is 5.92 Å². The fourth-order valence-corrected chi connectivity index (χ4v) is 2.33. The van der Waals surface area contributed by atoms with Crippen molar-refractivity contribution in [3.8, 4) is 0 Å². The SMILES string of the molecule is CNCC1CCN(CC(=O)NCCCC(=O)OC)C1. The Morgan fingerprint density at radius 1 is 1.42 bits per heavy atom. The van der Waals surface area contributed by atoms with Gasteiger partial charge in [0, 0.05) is 19.5 Å². The third kappa shape index (κ3) is 6.54. The van der Waals surface area contributed by atoms with Crippen molar-refractivity contribution < 1.29 is 14.3 Å². The molecule has 110 valence electrons. The molecule has 6 heteroatoms. The summed E-state index contributed by atoms with van der Waals surface area (Å²) in [6, 6.07) is 0. The molecule has 0 aromatic rings. The number of methoxy groups -OCH3 is 1. The lowest BCUT2D eigenvalue weighted by molar-refractivity contribution is -0.140. The molecule has 0 aliphatic carbocycles. The molecule has 0 radical (unpaired) electrons. The highest BCUT2D eigenvalue weighted by molar-refractivity contribution is 5.78. The number of hydrogen-bond donors (Lipinski definition) is 2. The minimum Gasteiger partial charge on any atom is -0.469 e. The van der Waals surface area contributed by atoms with Gasteiger partial charge in [-0.1, -0.05) is 0 Å². The molecule has 0 spiro atoms. The van der Waals surface area contributed by atoms with Gasteiger partial charge in [0.05, 0.1) is 13.7 Å². The van der Waals surface area contributed by atoms with Crippen LogP contribution in [0.2, 0.25) is 0 Å². The molecule has 1 saturated heterocycles. The normalized spacial score (nSPS) is 19.4. The molecule has 1 aliphatic rings. The maximum Gasteiger partial charge on any atom is 0.305 e. The minimum atomic E-state index is -0.233. The van der Waals surface area contributed by atoms with Crippen molar-refractivity contribution in [1.82, 2.24) is 15.5 Å². The van der Waals surface area contributed by atoms with Gasteiger partial charge in [0.2, 0.25) is 5.91 Å². The van der Waals surface area contributed by atoms with Crippen LogP contribution in [-0.2, 0) is 14.3 Å². The van der Waals surface area contributed by atoms with Crippen molar-refractivity contribution in [2.75, 3.05) is 46.9 Å². The molecule has 0 aromatic heterocycles. The van der Waals surface area contributed by atoms with Crippen LogP contribution in [0, 0.1) is 5.92 Å². The first-order valence-electron chi connectivity index (χ1n) is 6.86. The Bertz CT molecular complexity index is 297. The summed E-state index contributed by atoms with van der Waals surface area (Å²) in [5, 5.41) is 6.00. The first-order valence-corrected chi connectivity index (χ1v) is 6.86. The second-order valence-electron chi connectivity index (χ2n) is 4.98. The van der Waals surface area contributed by atoms with E-state index in [2.05, 4.69) is 20.3 Å². The Balaban J connectivity index is 2.06. The summed E-state index contributed by atoms with van der Waals surface area (Å²) in [5.74, 6) is 0.454. The highest BCUT2D eigenvalue weighted by atomic mass is 16.5. The van der Waals surface area contributed by atoms with Crippen molar-refractivity contribution in [3.05, 3.63) is 0 Å². The maximum atomic E-state index is 11.7. The van der Waals surface area contributed by atoms with E-state index in [-0.39, 0.29) is 11.9 Å². The van der Waals surface area contributed by atoms with Crippen molar-refractivity contribution in [1.29, 1.82) is 0 Å². The average Bonchev–Trinajstić information content (AvgIpc) is 2.82. The van der Waals surface area contributed by atoms with Crippen LogP contribution in [0.25, 0.3) is 0 Å². The standard InChI is InChI=1S/C13H25N3O3/c1-14-8-11-5-7-16(9-11)10-12(17)15-6-3-4-13(18)19-2/h11,14H,3-10H2,1-2H3,(H,15,17). The molecule has 1 unspecified atom stereocenters. The predicted molar refractivity (Wildman–Crippen MR) is 72.7 cm³/mol. The Labute approximate surface area is 114 Å². The van der Waals surface area contributed by atoms with Crippen LogP contribution in [0.3, 0.4) is 0 Å². The quantitative estimate of drug-likeness (QED) is 0.464. The van der Waals surface area contributed by atoms with Gasteiger partial charge >= 0.3 is 5.97 Å². The smallest absolute Gasteiger partial charge is 0.305 e. The molecule has 1 atom stereocenters. The van der Waals surface area contributed by atoms with E-state index < -0.39 is 0 Å². The van der Waals surface area contributed by atoms with Crippen molar-refractivity contribution in [3.63, 3.8) is 0 Å². The van der Waals surface area contributed by atoms with E-state index in [1.54, 1.807) is 0 Å². The van der Waals surface area contributed by atoms with E-state index in [4.69, 9.17) is 0 Å². The summed E-state index contributed by atoms with van der Waals surface area (Å²) in [7, 11) is 3.33. The molecule has 19 heavy (non-hydrogen) atoms. The van der Waals surface area contributed by atoms with Crippen LogP contribution in [0.1, 0.15) is 19.3 Å². The molecular weight excluding hydrogens is 246 g/mol. The largest absolute Gasteiger partial charge is 0.469 e. The number of esters is 1. The Hall–Kier alpha value is -1.14. The van der Waals surface area contributed by atoms with E-state index in [1.807, 2.05) is 7.05 Å². The second kappa shape index (κ2) is 8.87. The third-order valence-electron chi connectivity index (χ3n) is 3.34. The topological polar surface area (TPSA) is 70.7 Å². The lowest BCUT2D eigenvalue weighted by Crippen LogP contribution is -2.37. The molecule has 0 aromatic carbocycles. The van der Waals surface area contributed by atoms with E-state index in [0.717, 1.165) is 26.1 Å². The number of carbonyl (C=O) groups excluding carboxylic acids is 2. The average molecular weight is 271 g/mol. The maximum absolute atomic E-state index is 11.7. The van der Waals surface area contributed by atoms with Crippen LogP contribution >= 0.6 is 0 Å². The number of rotatable bonds is 8. The highest BCUT2D eigenvalue weighted by Crippen LogP contribution is 2.14. The fourth-order valence-electron chi connectivity index (χ4n) is 2.33. The molecule has 1 amide bonds. The van der Waals surface area contributed by atoms with Gasteiger partial charge in [0.15, 0.2) is 0 Å². The molecule has 0 saturated carbocycles. The lowest BCUT2D eigenvalue weighted by atomic mass is 10.1. The van der Waals surface area contributed by atoms with Crippen molar-refractivity contribution >= 4 is 11.9 Å². The summed E-state index contributed by atoms with van der Waals surface area (Å²) >= 11 is 0. The van der Waals surface area contributed by atoms with E-state index in [9.17, 15) is 9.59 Å². The summed E-state index contributed by atoms with van der Waals surface area (Å²) in [6.45, 7) is 3.97. The van der Waals surface area contributed by atoms with Gasteiger partial charge in [-0.05, 0) is 38.9 Å². The number of likely N-dealkylation sites (tertiary alicyclic amines) is 1. The predicted octanol–water partition coefficient (Wildman–Crippen LogP) is -0.403. The van der Waals surface area contributed by atoms with Crippen LogP contribution in [0.5, 0.6) is 0 Å². The molecule has 1 aliphatic heterocycles. The molecule has 1 fully saturated rings. The molecule has 0 bridgehead atoms. The Morgan fingerprint density at radius 3 is 2.89 bits per heavy atom. The van der Waals surface area contributed by atoms with Gasteiger partial charge in [-0.25, -0.2) is 0 Å². The van der Waals surface area contributed by atoms with Crippen LogP contribution < -0.4 is 10.6 Å². The van der Waals surface area contributed by atoms with E-state index >= 15 is 0 Å². The number of ether oxygens (including phenoxy) is 1. The number of carbonyl (C=O) groups is 2. The second-order valence-corrected chi connectivity index (χ2v) is 4.98. The van der Waals surface area contributed by atoms with Gasteiger partial charge in [-0.15, -0.1) is 0 Å². The first-order chi connectivity index (χ1) is 9.15. The lowest BCUT2D eigenvalue weighted by Gasteiger charge is -2.15. The highest BCUT2D eigenvalue weighted by Gasteiger charge is 2.23. The number of nitrogens with one attached hydrogen (secondary N) is 2. The minimum absolute atomic E-state index is 0.0370. The molecule has 1 rings (SSSR count). The van der Waals surface area contributed by atoms with Gasteiger partial charge in [-0.2, -0.15) is 0 Å². The summed E-state index contributed by atoms with van der Waals surface area (Å²) in [4.78, 5) is 24.8. The molecule has 6 nitrogen and oxygen atoms in total. The fraction of sp³-hybridized carbons (Fsp3) is 0.846. The summed E-state index contributed by atoms with van der Waals surface area (Å²) in [6.07, 6.45) is 2.13. The summed E-state index contributed by atoms with van der Waals surface area (Å²) in [5.41, 5.74) is 0. The Kier molecular flexibility index (Phi) is 7.43. The van der Waals surface area contributed by atoms with Gasteiger partial charge in [0.1, 0.15) is 0 Å². The van der Waals surface area contributed by atoms with Crippen LogP contribution in [0.15, 0.2) is 0 Å². The Morgan fingerprint density at radius 2 is 2.21 bits per heavy atom. The first kappa shape index (κ1) is 15.9. The van der Waals surface area contributed by atoms with Gasteiger partial charge in [-0.3, -0.25) is 14.5 Å². The molecule has 1 heterocycles. The van der Waals surface area contributed by atoms with Crippen LogP contribution in [-0.4, -0.2) is 63.7 Å². The third-order valence-corrected chi connectivity index (χ3v) is 3.34. The van der Waals surface area contributed by atoms with Gasteiger partial charge < -0.3 is 15.4 Å². The molecule has 2 N–H and O–H groups in total. The van der Waals surface area contributed by atoms with E-state index in [0.29, 0.717) is 31.8 Å². The van der Waals surface area contributed by atoms with Crippen LogP contribution in [0.4, 0.5) is 0 Å². The zero-order chi connectivity index (χ0) is 14.1. The number of nitrogens with zero attached hydrogens (tertiary/aromatic N) is 1.